The molecule has 0 saturated heterocycles. The third-order valence-corrected chi connectivity index (χ3v) is 3.20. The smallest absolute Gasteiger partial charge is 0.123 e. The first kappa shape index (κ1) is 11.2. The lowest BCUT2D eigenvalue weighted by Gasteiger charge is -2.30. The van der Waals surface area contributed by atoms with Gasteiger partial charge in [-0.05, 0) is 30.5 Å². The molecule has 14 heavy (non-hydrogen) atoms. The van der Waals surface area contributed by atoms with Gasteiger partial charge in [-0.25, -0.2) is 4.39 Å². The van der Waals surface area contributed by atoms with E-state index in [0.717, 1.165) is 18.4 Å². The summed E-state index contributed by atoms with van der Waals surface area (Å²) in [6, 6.07) is 6.69. The summed E-state index contributed by atoms with van der Waals surface area (Å²) in [4.78, 5) is 0. The molecule has 0 atom stereocenters. The molecule has 1 nitrogen and oxygen atoms in total. The van der Waals surface area contributed by atoms with Crippen molar-refractivity contribution in [1.82, 2.24) is 0 Å². The van der Waals surface area contributed by atoms with Crippen LogP contribution in [0.2, 0.25) is 0 Å². The molecule has 0 saturated carbocycles. The maximum absolute atomic E-state index is 12.8. The predicted octanol–water partition coefficient (Wildman–Crippen LogP) is 2.84. The van der Waals surface area contributed by atoms with Crippen molar-refractivity contribution in [3.05, 3.63) is 35.6 Å². The quantitative estimate of drug-likeness (QED) is 0.785. The van der Waals surface area contributed by atoms with Crippen molar-refractivity contribution in [2.24, 2.45) is 5.73 Å². The molecule has 2 N–H and O–H groups in total. The third kappa shape index (κ3) is 1.95. The van der Waals surface area contributed by atoms with Gasteiger partial charge in [-0.15, -0.1) is 0 Å². The maximum Gasteiger partial charge on any atom is 0.123 e. The highest BCUT2D eigenvalue weighted by atomic mass is 19.1. The van der Waals surface area contributed by atoms with Crippen LogP contribution in [0.5, 0.6) is 0 Å². The standard InChI is InChI=1S/C12H18FN/c1-3-12(4-2,9-14)10-5-7-11(13)8-6-10/h5-8H,3-4,9,14H2,1-2H3. The fraction of sp³-hybridized carbons (Fsp3) is 0.500. The minimum Gasteiger partial charge on any atom is -0.330 e. The average Bonchev–Trinajstić information content (AvgIpc) is 2.24. The molecule has 2 heteroatoms. The van der Waals surface area contributed by atoms with Crippen molar-refractivity contribution in [3.8, 4) is 0 Å². The van der Waals surface area contributed by atoms with E-state index in [0.29, 0.717) is 6.54 Å². The van der Waals surface area contributed by atoms with Crippen LogP contribution in [0, 0.1) is 5.82 Å². The monoisotopic (exact) mass is 195 g/mol. The lowest BCUT2D eigenvalue weighted by atomic mass is 9.76. The summed E-state index contributed by atoms with van der Waals surface area (Å²) >= 11 is 0. The molecule has 1 aromatic carbocycles. The Morgan fingerprint density at radius 2 is 1.64 bits per heavy atom. The SMILES string of the molecule is CCC(CC)(CN)c1ccc(F)cc1. The number of hydrogen-bond acceptors (Lipinski definition) is 1. The molecule has 0 aliphatic heterocycles. The zero-order valence-electron chi connectivity index (χ0n) is 8.89. The largest absolute Gasteiger partial charge is 0.330 e. The van der Waals surface area contributed by atoms with Gasteiger partial charge in [0, 0.05) is 12.0 Å². The minimum absolute atomic E-state index is 0.0215. The van der Waals surface area contributed by atoms with Crippen molar-refractivity contribution in [1.29, 1.82) is 0 Å². The van der Waals surface area contributed by atoms with E-state index >= 15 is 0 Å². The van der Waals surface area contributed by atoms with E-state index in [1.165, 1.54) is 12.1 Å². The molecule has 0 aromatic heterocycles. The highest BCUT2D eigenvalue weighted by Gasteiger charge is 2.26. The van der Waals surface area contributed by atoms with Gasteiger partial charge in [0.15, 0.2) is 0 Å². The average molecular weight is 195 g/mol. The first-order valence-corrected chi connectivity index (χ1v) is 5.14. The van der Waals surface area contributed by atoms with Gasteiger partial charge >= 0.3 is 0 Å². The van der Waals surface area contributed by atoms with Crippen LogP contribution in [0.15, 0.2) is 24.3 Å². The molecule has 0 aliphatic rings. The number of rotatable bonds is 4. The van der Waals surface area contributed by atoms with Gasteiger partial charge in [-0.2, -0.15) is 0 Å². The van der Waals surface area contributed by atoms with Gasteiger partial charge in [-0.1, -0.05) is 26.0 Å². The van der Waals surface area contributed by atoms with E-state index in [2.05, 4.69) is 13.8 Å². The van der Waals surface area contributed by atoms with Crippen molar-refractivity contribution in [3.63, 3.8) is 0 Å². The number of benzene rings is 1. The fourth-order valence-corrected chi connectivity index (χ4v) is 1.87. The molecule has 78 valence electrons. The summed E-state index contributed by atoms with van der Waals surface area (Å²) in [5.74, 6) is -0.188. The fourth-order valence-electron chi connectivity index (χ4n) is 1.87. The lowest BCUT2D eigenvalue weighted by molar-refractivity contribution is 0.406. The van der Waals surface area contributed by atoms with Crippen molar-refractivity contribution < 1.29 is 4.39 Å². The van der Waals surface area contributed by atoms with Gasteiger partial charge in [0.05, 0.1) is 0 Å². The Hall–Kier alpha value is -0.890. The van der Waals surface area contributed by atoms with Crippen LogP contribution in [-0.4, -0.2) is 6.54 Å². The van der Waals surface area contributed by atoms with Crippen LogP contribution in [0.4, 0.5) is 4.39 Å². The van der Waals surface area contributed by atoms with Crippen LogP contribution in [0.3, 0.4) is 0 Å². The van der Waals surface area contributed by atoms with Crippen molar-refractivity contribution in [2.75, 3.05) is 6.54 Å². The Morgan fingerprint density at radius 3 is 2.00 bits per heavy atom. The Morgan fingerprint density at radius 1 is 1.14 bits per heavy atom. The molecule has 0 fully saturated rings. The second-order valence-electron chi connectivity index (χ2n) is 3.70. The molecule has 0 spiro atoms. The lowest BCUT2D eigenvalue weighted by Crippen LogP contribution is -2.33. The Bertz CT molecular complexity index is 267. The summed E-state index contributed by atoms with van der Waals surface area (Å²) in [6.45, 7) is 4.87. The summed E-state index contributed by atoms with van der Waals surface area (Å²) < 4.78 is 12.8. The Balaban J connectivity index is 3.05. The molecule has 0 amide bonds. The summed E-state index contributed by atoms with van der Waals surface area (Å²) in [5.41, 5.74) is 6.97. The zero-order chi connectivity index (χ0) is 10.6. The molecule has 1 rings (SSSR count). The first-order chi connectivity index (χ1) is 6.68. The second kappa shape index (κ2) is 4.56. The van der Waals surface area contributed by atoms with E-state index < -0.39 is 0 Å². The molecule has 0 radical (unpaired) electrons. The molecule has 0 unspecified atom stereocenters. The van der Waals surface area contributed by atoms with Crippen molar-refractivity contribution in [2.45, 2.75) is 32.1 Å². The summed E-state index contributed by atoms with van der Waals surface area (Å²) in [5, 5.41) is 0. The van der Waals surface area contributed by atoms with Gasteiger partial charge in [0.25, 0.3) is 0 Å². The van der Waals surface area contributed by atoms with E-state index in [1.54, 1.807) is 0 Å². The maximum atomic E-state index is 12.8. The second-order valence-corrected chi connectivity index (χ2v) is 3.70. The van der Waals surface area contributed by atoms with E-state index in [4.69, 9.17) is 5.73 Å². The third-order valence-electron chi connectivity index (χ3n) is 3.20. The normalized spacial score (nSPS) is 11.7. The minimum atomic E-state index is -0.188. The zero-order valence-corrected chi connectivity index (χ0v) is 8.89. The number of hydrogen-bond donors (Lipinski definition) is 1. The van der Waals surface area contributed by atoms with Gasteiger partial charge in [-0.3, -0.25) is 0 Å². The van der Waals surface area contributed by atoms with Gasteiger partial charge in [0.2, 0.25) is 0 Å². The van der Waals surface area contributed by atoms with E-state index in [9.17, 15) is 4.39 Å². The highest BCUT2D eigenvalue weighted by Crippen LogP contribution is 2.30. The van der Waals surface area contributed by atoms with Crippen LogP contribution < -0.4 is 5.73 Å². The summed E-state index contributed by atoms with van der Waals surface area (Å²) in [6.07, 6.45) is 1.98. The van der Waals surface area contributed by atoms with Gasteiger partial charge in [0.1, 0.15) is 5.82 Å². The summed E-state index contributed by atoms with van der Waals surface area (Å²) in [7, 11) is 0. The molecular weight excluding hydrogens is 177 g/mol. The Labute approximate surface area is 85.1 Å². The predicted molar refractivity (Wildman–Crippen MR) is 57.7 cm³/mol. The van der Waals surface area contributed by atoms with Crippen LogP contribution in [0.1, 0.15) is 32.3 Å². The van der Waals surface area contributed by atoms with Crippen LogP contribution >= 0.6 is 0 Å². The highest BCUT2D eigenvalue weighted by molar-refractivity contribution is 5.26. The van der Waals surface area contributed by atoms with Gasteiger partial charge < -0.3 is 5.73 Å². The van der Waals surface area contributed by atoms with Crippen LogP contribution in [-0.2, 0) is 5.41 Å². The topological polar surface area (TPSA) is 26.0 Å². The number of nitrogens with two attached hydrogens (primary N) is 1. The Kier molecular flexibility index (Phi) is 3.64. The van der Waals surface area contributed by atoms with E-state index in [1.807, 2.05) is 12.1 Å². The molecule has 1 aromatic rings. The molecule has 0 aliphatic carbocycles. The molecule has 0 heterocycles. The van der Waals surface area contributed by atoms with E-state index in [-0.39, 0.29) is 11.2 Å². The molecular formula is C12H18FN. The molecule has 0 bridgehead atoms. The first-order valence-electron chi connectivity index (χ1n) is 5.14. The number of halogens is 1. The van der Waals surface area contributed by atoms with Crippen molar-refractivity contribution >= 4 is 0 Å². The van der Waals surface area contributed by atoms with Crippen LogP contribution in [0.25, 0.3) is 0 Å².